The smallest absolute Gasteiger partial charge is 0.332 e. The summed E-state index contributed by atoms with van der Waals surface area (Å²) in [6.45, 7) is -0.154. The fraction of sp³-hybridized carbons (Fsp3) is 0.214. The summed E-state index contributed by atoms with van der Waals surface area (Å²) in [5.74, 6) is -1.38. The number of hydrogen-bond acceptors (Lipinski definition) is 4. The standard InChI is InChI=1S/C14H15NO5S/c16-12(14(17)18)8-9-15-21(19,20)13-7-3-5-10-4-1-2-6-11(10)13/h1-7,12,15-16H,8-9H2,(H,17,18). The number of carboxylic acids is 1. The van der Waals surface area contributed by atoms with E-state index in [1.54, 1.807) is 18.2 Å². The first-order valence-corrected chi connectivity index (χ1v) is 7.78. The van der Waals surface area contributed by atoms with Crippen LogP contribution in [0.5, 0.6) is 0 Å². The Kier molecular flexibility index (Phi) is 4.56. The molecule has 6 nitrogen and oxygen atoms in total. The SMILES string of the molecule is O=C(O)C(O)CCNS(=O)(=O)c1cccc2ccccc12. The normalized spacial score (nSPS) is 13.2. The molecule has 1 atom stereocenters. The molecule has 2 aromatic rings. The highest BCUT2D eigenvalue weighted by atomic mass is 32.2. The van der Waals surface area contributed by atoms with Crippen molar-refractivity contribution in [1.29, 1.82) is 0 Å². The van der Waals surface area contributed by atoms with Gasteiger partial charge >= 0.3 is 5.97 Å². The monoisotopic (exact) mass is 309 g/mol. The first-order chi connectivity index (χ1) is 9.92. The first-order valence-electron chi connectivity index (χ1n) is 6.30. The van der Waals surface area contributed by atoms with Crippen LogP contribution in [-0.4, -0.2) is 37.2 Å². The van der Waals surface area contributed by atoms with E-state index >= 15 is 0 Å². The van der Waals surface area contributed by atoms with E-state index in [9.17, 15) is 13.2 Å². The van der Waals surface area contributed by atoms with E-state index in [-0.39, 0.29) is 17.9 Å². The summed E-state index contributed by atoms with van der Waals surface area (Å²) in [5.41, 5.74) is 0. The topological polar surface area (TPSA) is 104 Å². The molecule has 3 N–H and O–H groups in total. The van der Waals surface area contributed by atoms with Gasteiger partial charge in [-0.15, -0.1) is 0 Å². The van der Waals surface area contributed by atoms with Crippen LogP contribution >= 0.6 is 0 Å². The third kappa shape index (κ3) is 3.57. The van der Waals surface area contributed by atoms with Crippen LogP contribution in [-0.2, 0) is 14.8 Å². The highest BCUT2D eigenvalue weighted by molar-refractivity contribution is 7.89. The van der Waals surface area contributed by atoms with E-state index in [4.69, 9.17) is 10.2 Å². The molecule has 0 aromatic heterocycles. The fourth-order valence-corrected chi connectivity index (χ4v) is 3.24. The second kappa shape index (κ2) is 6.21. The Morgan fingerprint density at radius 1 is 1.14 bits per heavy atom. The molecule has 2 rings (SSSR count). The predicted octanol–water partition coefficient (Wildman–Crippen LogP) is 0.954. The van der Waals surface area contributed by atoms with E-state index in [2.05, 4.69) is 4.72 Å². The molecule has 0 amide bonds. The number of aliphatic hydroxyl groups is 1. The van der Waals surface area contributed by atoms with Gasteiger partial charge in [-0.1, -0.05) is 36.4 Å². The van der Waals surface area contributed by atoms with Crippen molar-refractivity contribution < 1.29 is 23.4 Å². The van der Waals surface area contributed by atoms with Gasteiger partial charge in [0.15, 0.2) is 6.10 Å². The molecule has 0 saturated carbocycles. The minimum Gasteiger partial charge on any atom is -0.479 e. The Balaban J connectivity index is 2.20. The summed E-state index contributed by atoms with van der Waals surface area (Å²) in [7, 11) is -3.76. The van der Waals surface area contributed by atoms with Crippen molar-refractivity contribution in [3.8, 4) is 0 Å². The molecule has 7 heteroatoms. The third-order valence-corrected chi connectivity index (χ3v) is 4.55. The number of benzene rings is 2. The molecular weight excluding hydrogens is 294 g/mol. The van der Waals surface area contributed by atoms with Crippen molar-refractivity contribution in [2.75, 3.05) is 6.54 Å². The van der Waals surface area contributed by atoms with Gasteiger partial charge in [0.25, 0.3) is 0 Å². The number of hydrogen-bond donors (Lipinski definition) is 3. The van der Waals surface area contributed by atoms with E-state index in [0.717, 1.165) is 5.39 Å². The molecule has 0 bridgehead atoms. The Morgan fingerprint density at radius 2 is 1.81 bits per heavy atom. The molecule has 0 spiro atoms. The lowest BCUT2D eigenvalue weighted by Crippen LogP contribution is -2.30. The van der Waals surface area contributed by atoms with Gasteiger partial charge < -0.3 is 10.2 Å². The second-order valence-corrected chi connectivity index (χ2v) is 6.25. The number of fused-ring (bicyclic) bond motifs is 1. The maximum atomic E-state index is 12.3. The highest BCUT2D eigenvalue weighted by Gasteiger charge is 2.18. The zero-order chi connectivity index (χ0) is 15.5. The van der Waals surface area contributed by atoms with Crippen LogP contribution in [0.1, 0.15) is 6.42 Å². The van der Waals surface area contributed by atoms with Gasteiger partial charge in [-0.25, -0.2) is 17.9 Å². The Morgan fingerprint density at radius 3 is 2.52 bits per heavy atom. The summed E-state index contributed by atoms with van der Waals surface area (Å²) in [5, 5.41) is 19.1. The van der Waals surface area contributed by atoms with Crippen LogP contribution in [0.3, 0.4) is 0 Å². The number of carbonyl (C=O) groups is 1. The Labute approximate surface area is 122 Å². The molecule has 0 fully saturated rings. The van der Waals surface area contributed by atoms with Crippen LogP contribution in [0.25, 0.3) is 10.8 Å². The lowest BCUT2D eigenvalue weighted by Gasteiger charge is -2.10. The third-order valence-electron chi connectivity index (χ3n) is 3.03. The molecule has 1 unspecified atom stereocenters. The maximum absolute atomic E-state index is 12.3. The maximum Gasteiger partial charge on any atom is 0.332 e. The van der Waals surface area contributed by atoms with Crippen LogP contribution < -0.4 is 4.72 Å². The molecule has 112 valence electrons. The minimum absolute atomic E-state index is 0.130. The van der Waals surface area contributed by atoms with Gasteiger partial charge in [-0.3, -0.25) is 0 Å². The van der Waals surface area contributed by atoms with Crippen molar-refractivity contribution in [2.45, 2.75) is 17.4 Å². The fourth-order valence-electron chi connectivity index (χ4n) is 1.96. The van der Waals surface area contributed by atoms with Gasteiger partial charge in [0.1, 0.15) is 0 Å². The molecule has 0 aliphatic carbocycles. The molecule has 0 aliphatic rings. The second-order valence-electron chi connectivity index (χ2n) is 4.52. The first kappa shape index (κ1) is 15.4. The number of carboxylic acid groups (broad SMARTS) is 1. The molecule has 0 saturated heterocycles. The summed E-state index contributed by atoms with van der Waals surface area (Å²) in [6, 6.07) is 12.0. The number of aliphatic carboxylic acids is 1. The van der Waals surface area contributed by atoms with E-state index in [1.807, 2.05) is 18.2 Å². The Bertz CT molecular complexity index is 752. The average molecular weight is 309 g/mol. The van der Waals surface area contributed by atoms with Crippen LogP contribution in [0.15, 0.2) is 47.4 Å². The minimum atomic E-state index is -3.76. The Hall–Kier alpha value is -1.96. The predicted molar refractivity (Wildman–Crippen MR) is 77.4 cm³/mol. The molecule has 0 aliphatic heterocycles. The van der Waals surface area contributed by atoms with E-state index < -0.39 is 22.1 Å². The molecule has 2 aromatic carbocycles. The summed E-state index contributed by atoms with van der Waals surface area (Å²) >= 11 is 0. The lowest BCUT2D eigenvalue weighted by atomic mass is 10.1. The number of sulfonamides is 1. The van der Waals surface area contributed by atoms with E-state index in [0.29, 0.717) is 5.39 Å². The van der Waals surface area contributed by atoms with Gasteiger partial charge in [0.2, 0.25) is 10.0 Å². The van der Waals surface area contributed by atoms with Crippen molar-refractivity contribution in [3.05, 3.63) is 42.5 Å². The number of nitrogens with one attached hydrogen (secondary N) is 1. The molecule has 0 radical (unpaired) electrons. The molecule has 21 heavy (non-hydrogen) atoms. The van der Waals surface area contributed by atoms with Gasteiger partial charge in [0, 0.05) is 11.9 Å². The van der Waals surface area contributed by atoms with Crippen molar-refractivity contribution in [1.82, 2.24) is 4.72 Å². The van der Waals surface area contributed by atoms with Crippen LogP contribution in [0.4, 0.5) is 0 Å². The highest BCUT2D eigenvalue weighted by Crippen LogP contribution is 2.22. The van der Waals surface area contributed by atoms with Gasteiger partial charge in [0.05, 0.1) is 4.90 Å². The summed E-state index contributed by atoms with van der Waals surface area (Å²) in [6.07, 6.45) is -1.78. The van der Waals surface area contributed by atoms with Gasteiger partial charge in [-0.05, 0) is 17.9 Å². The van der Waals surface area contributed by atoms with Gasteiger partial charge in [-0.2, -0.15) is 0 Å². The molecular formula is C14H15NO5S. The number of rotatable bonds is 6. The van der Waals surface area contributed by atoms with Crippen LogP contribution in [0, 0.1) is 0 Å². The largest absolute Gasteiger partial charge is 0.479 e. The zero-order valence-electron chi connectivity index (χ0n) is 11.1. The quantitative estimate of drug-likeness (QED) is 0.737. The van der Waals surface area contributed by atoms with Crippen molar-refractivity contribution >= 4 is 26.8 Å². The van der Waals surface area contributed by atoms with Crippen molar-refractivity contribution in [3.63, 3.8) is 0 Å². The van der Waals surface area contributed by atoms with Crippen LogP contribution in [0.2, 0.25) is 0 Å². The van der Waals surface area contributed by atoms with E-state index in [1.165, 1.54) is 6.07 Å². The summed E-state index contributed by atoms with van der Waals surface area (Å²) < 4.78 is 26.8. The van der Waals surface area contributed by atoms with Crippen molar-refractivity contribution in [2.24, 2.45) is 0 Å². The molecule has 0 heterocycles. The summed E-state index contributed by atoms with van der Waals surface area (Å²) in [4.78, 5) is 10.6. The lowest BCUT2D eigenvalue weighted by molar-refractivity contribution is -0.146. The zero-order valence-corrected chi connectivity index (χ0v) is 11.9. The average Bonchev–Trinajstić information content (AvgIpc) is 2.46. The number of aliphatic hydroxyl groups excluding tert-OH is 1.